The Kier molecular flexibility index (Phi) is 5.73. The van der Waals surface area contributed by atoms with Crippen LogP contribution in [-0.4, -0.2) is 39.6 Å². The molecule has 2 amide bonds. The molecule has 0 spiro atoms. The molecule has 1 aromatic carbocycles. The van der Waals surface area contributed by atoms with Crippen LogP contribution in [-0.2, 0) is 16.1 Å². The monoisotopic (exact) mass is 372 g/mol. The molecule has 3 rings (SSSR count). The highest BCUT2D eigenvalue weighted by molar-refractivity contribution is 6.30. The van der Waals surface area contributed by atoms with E-state index >= 15 is 0 Å². The first-order valence-electron chi connectivity index (χ1n) is 8.55. The predicted molar refractivity (Wildman–Crippen MR) is 99.9 cm³/mol. The van der Waals surface area contributed by atoms with Crippen molar-refractivity contribution >= 4 is 23.4 Å². The van der Waals surface area contributed by atoms with E-state index in [1.165, 1.54) is 6.08 Å². The fourth-order valence-corrected chi connectivity index (χ4v) is 3.25. The summed E-state index contributed by atoms with van der Waals surface area (Å²) >= 11 is 6.00. The largest absolute Gasteiger partial charge is 0.352 e. The van der Waals surface area contributed by atoms with Gasteiger partial charge in [0.05, 0.1) is 17.8 Å². The standard InChI is InChI=1S/C19H21ClN4O2/c1-2-18(25)23-8-4-5-15(13-23)19(26)21-10-14-11-22-24(12-14)17-7-3-6-16(20)9-17/h2-3,6-7,9,11-12,15H,1,4-5,8,10,13H2,(H,21,26). The van der Waals surface area contributed by atoms with Crippen molar-refractivity contribution in [3.63, 3.8) is 0 Å². The summed E-state index contributed by atoms with van der Waals surface area (Å²) < 4.78 is 1.72. The van der Waals surface area contributed by atoms with E-state index in [1.807, 2.05) is 24.4 Å². The Morgan fingerprint density at radius 3 is 3.04 bits per heavy atom. The predicted octanol–water partition coefficient (Wildman–Crippen LogP) is 2.57. The summed E-state index contributed by atoms with van der Waals surface area (Å²) in [5, 5.41) is 7.89. The van der Waals surface area contributed by atoms with E-state index in [1.54, 1.807) is 21.8 Å². The van der Waals surface area contributed by atoms with Gasteiger partial charge in [0.25, 0.3) is 0 Å². The molecule has 1 aromatic heterocycles. The van der Waals surface area contributed by atoms with Gasteiger partial charge in [-0.2, -0.15) is 5.10 Å². The number of hydrogen-bond acceptors (Lipinski definition) is 3. The highest BCUT2D eigenvalue weighted by Gasteiger charge is 2.27. The summed E-state index contributed by atoms with van der Waals surface area (Å²) in [6, 6.07) is 7.40. The van der Waals surface area contributed by atoms with Crippen LogP contribution in [0, 0.1) is 5.92 Å². The van der Waals surface area contributed by atoms with Crippen LogP contribution in [0.4, 0.5) is 0 Å². The fourth-order valence-electron chi connectivity index (χ4n) is 3.07. The lowest BCUT2D eigenvalue weighted by Gasteiger charge is -2.31. The SMILES string of the molecule is C=CC(=O)N1CCCC(C(=O)NCc2cnn(-c3cccc(Cl)c3)c2)C1. The van der Waals surface area contributed by atoms with Crippen LogP contribution in [0.15, 0.2) is 49.3 Å². The number of carbonyl (C=O) groups excluding carboxylic acids is 2. The summed E-state index contributed by atoms with van der Waals surface area (Å²) in [5.41, 5.74) is 1.76. The average Bonchev–Trinajstić information content (AvgIpc) is 3.14. The number of nitrogens with one attached hydrogen (secondary N) is 1. The van der Waals surface area contributed by atoms with Crippen LogP contribution >= 0.6 is 11.6 Å². The molecule has 0 bridgehead atoms. The number of nitrogens with zero attached hydrogens (tertiary/aromatic N) is 3. The number of piperidine rings is 1. The molecule has 26 heavy (non-hydrogen) atoms. The van der Waals surface area contributed by atoms with Crippen LogP contribution in [0.25, 0.3) is 5.69 Å². The van der Waals surface area contributed by atoms with Gasteiger partial charge in [0.15, 0.2) is 0 Å². The van der Waals surface area contributed by atoms with Crippen molar-refractivity contribution < 1.29 is 9.59 Å². The molecular weight excluding hydrogens is 352 g/mol. The van der Waals surface area contributed by atoms with E-state index in [-0.39, 0.29) is 17.7 Å². The molecule has 1 N–H and O–H groups in total. The molecule has 1 atom stereocenters. The van der Waals surface area contributed by atoms with Crippen molar-refractivity contribution in [2.45, 2.75) is 19.4 Å². The molecule has 1 aliphatic heterocycles. The molecule has 1 saturated heterocycles. The van der Waals surface area contributed by atoms with Crippen LogP contribution in [0.2, 0.25) is 5.02 Å². The lowest BCUT2D eigenvalue weighted by Crippen LogP contribution is -2.44. The Labute approximate surface area is 157 Å². The van der Waals surface area contributed by atoms with Gasteiger partial charge in [-0.1, -0.05) is 24.2 Å². The average molecular weight is 373 g/mol. The van der Waals surface area contributed by atoms with E-state index < -0.39 is 0 Å². The fraction of sp³-hybridized carbons (Fsp3) is 0.316. The first-order valence-corrected chi connectivity index (χ1v) is 8.93. The van der Waals surface area contributed by atoms with Gasteiger partial charge in [-0.25, -0.2) is 4.68 Å². The van der Waals surface area contributed by atoms with Gasteiger partial charge in [-0.3, -0.25) is 9.59 Å². The topological polar surface area (TPSA) is 67.2 Å². The second kappa shape index (κ2) is 8.19. The minimum atomic E-state index is -0.185. The molecule has 2 aromatic rings. The molecule has 0 saturated carbocycles. The molecule has 0 aliphatic carbocycles. The first-order chi connectivity index (χ1) is 12.6. The minimum Gasteiger partial charge on any atom is -0.352 e. The van der Waals surface area contributed by atoms with Crippen molar-refractivity contribution in [2.75, 3.05) is 13.1 Å². The van der Waals surface area contributed by atoms with Crippen molar-refractivity contribution in [3.05, 3.63) is 59.9 Å². The second-order valence-electron chi connectivity index (χ2n) is 6.32. The van der Waals surface area contributed by atoms with E-state index in [0.717, 1.165) is 24.1 Å². The van der Waals surface area contributed by atoms with Gasteiger partial charge >= 0.3 is 0 Å². The van der Waals surface area contributed by atoms with Crippen LogP contribution in [0.5, 0.6) is 0 Å². The number of halogens is 1. The zero-order valence-electron chi connectivity index (χ0n) is 14.4. The zero-order valence-corrected chi connectivity index (χ0v) is 15.2. The number of amides is 2. The zero-order chi connectivity index (χ0) is 18.5. The summed E-state index contributed by atoms with van der Waals surface area (Å²) in [7, 11) is 0. The number of aromatic nitrogens is 2. The molecule has 7 heteroatoms. The van der Waals surface area contributed by atoms with Crippen LogP contribution in [0.3, 0.4) is 0 Å². The maximum Gasteiger partial charge on any atom is 0.245 e. The summed E-state index contributed by atoms with van der Waals surface area (Å²) in [4.78, 5) is 25.8. The Hall–Kier alpha value is -2.60. The quantitative estimate of drug-likeness (QED) is 0.820. The smallest absolute Gasteiger partial charge is 0.245 e. The van der Waals surface area contributed by atoms with Gasteiger partial charge in [0.2, 0.25) is 11.8 Å². The Morgan fingerprint density at radius 2 is 2.27 bits per heavy atom. The van der Waals surface area contributed by atoms with Crippen LogP contribution in [0.1, 0.15) is 18.4 Å². The molecular formula is C19H21ClN4O2. The van der Waals surface area contributed by atoms with E-state index in [9.17, 15) is 9.59 Å². The van der Waals surface area contributed by atoms with Gasteiger partial charge < -0.3 is 10.2 Å². The second-order valence-corrected chi connectivity index (χ2v) is 6.75. The molecule has 2 heterocycles. The summed E-state index contributed by atoms with van der Waals surface area (Å²) in [6.45, 7) is 5.02. The van der Waals surface area contributed by atoms with E-state index in [0.29, 0.717) is 24.7 Å². The highest BCUT2D eigenvalue weighted by atomic mass is 35.5. The van der Waals surface area contributed by atoms with Gasteiger partial charge in [0.1, 0.15) is 0 Å². The summed E-state index contributed by atoms with van der Waals surface area (Å²) in [6.07, 6.45) is 6.49. The van der Waals surface area contributed by atoms with Crippen molar-refractivity contribution in [2.24, 2.45) is 5.92 Å². The molecule has 0 radical (unpaired) electrons. The number of benzene rings is 1. The lowest BCUT2D eigenvalue weighted by molar-refractivity contribution is -0.132. The Morgan fingerprint density at radius 1 is 1.42 bits per heavy atom. The molecule has 1 aliphatic rings. The minimum absolute atomic E-state index is 0.0398. The summed E-state index contributed by atoms with van der Waals surface area (Å²) in [5.74, 6) is -0.344. The molecule has 1 fully saturated rings. The number of hydrogen-bond donors (Lipinski definition) is 1. The third kappa shape index (κ3) is 4.32. The third-order valence-electron chi connectivity index (χ3n) is 4.45. The first kappa shape index (κ1) is 18.2. The van der Waals surface area contributed by atoms with Crippen LogP contribution < -0.4 is 5.32 Å². The maximum absolute atomic E-state index is 12.4. The van der Waals surface area contributed by atoms with Crippen molar-refractivity contribution in [1.29, 1.82) is 0 Å². The van der Waals surface area contributed by atoms with E-state index in [4.69, 9.17) is 11.6 Å². The van der Waals surface area contributed by atoms with E-state index in [2.05, 4.69) is 17.0 Å². The molecule has 136 valence electrons. The normalized spacial score (nSPS) is 17.0. The molecule has 6 nitrogen and oxygen atoms in total. The number of carbonyl (C=O) groups is 2. The Bertz CT molecular complexity index is 817. The highest BCUT2D eigenvalue weighted by Crippen LogP contribution is 2.18. The number of likely N-dealkylation sites (tertiary alicyclic amines) is 1. The third-order valence-corrected chi connectivity index (χ3v) is 4.69. The van der Waals surface area contributed by atoms with Gasteiger partial charge in [0, 0.05) is 36.4 Å². The Balaban J connectivity index is 1.56. The van der Waals surface area contributed by atoms with Gasteiger partial charge in [-0.15, -0.1) is 0 Å². The van der Waals surface area contributed by atoms with Crippen molar-refractivity contribution in [3.8, 4) is 5.69 Å². The maximum atomic E-state index is 12.4. The van der Waals surface area contributed by atoms with Gasteiger partial charge in [-0.05, 0) is 37.1 Å². The lowest BCUT2D eigenvalue weighted by atomic mass is 9.97. The van der Waals surface area contributed by atoms with Crippen molar-refractivity contribution in [1.82, 2.24) is 20.0 Å². The molecule has 1 unspecified atom stereocenters. The number of rotatable bonds is 5.